The summed E-state index contributed by atoms with van der Waals surface area (Å²) in [6, 6.07) is 0. The van der Waals surface area contributed by atoms with Crippen LogP contribution >= 0.6 is 0 Å². The van der Waals surface area contributed by atoms with Crippen molar-refractivity contribution in [3.8, 4) is 0 Å². The van der Waals surface area contributed by atoms with Gasteiger partial charge in [-0.15, -0.1) is 0 Å². The lowest BCUT2D eigenvalue weighted by Gasteiger charge is -2.20. The number of ether oxygens (including phenoxy) is 3. The van der Waals surface area contributed by atoms with Crippen LogP contribution in [-0.2, 0) is 23.8 Å². The van der Waals surface area contributed by atoms with Crippen LogP contribution in [0, 0.1) is 0 Å². The van der Waals surface area contributed by atoms with Gasteiger partial charge in [0.05, 0.1) is 19.3 Å². The molecule has 6 heteroatoms. The predicted octanol–water partition coefficient (Wildman–Crippen LogP) is 0.701. The number of hydrogen-bond donors (Lipinski definition) is 1. The third-order valence-electron chi connectivity index (χ3n) is 2.37. The number of Topliss-reactive ketones (excluding diaryl/α,β-unsaturated/α-hetero) is 1. The van der Waals surface area contributed by atoms with E-state index >= 15 is 0 Å². The highest BCUT2D eigenvalue weighted by Gasteiger charge is 2.15. The molecule has 0 amide bonds. The molecule has 0 spiro atoms. The Morgan fingerprint density at radius 2 is 1.89 bits per heavy atom. The molecular weight excluding hydrogens is 252 g/mol. The number of methoxy groups -OCH3 is 1. The molecule has 0 bridgehead atoms. The SMILES string of the molecule is COCC(COC(=O)CCCC(C)=O)OC(C)CO. The quantitative estimate of drug-likeness (QED) is 0.559. The van der Waals surface area contributed by atoms with Crippen molar-refractivity contribution in [1.29, 1.82) is 0 Å². The maximum Gasteiger partial charge on any atom is 0.305 e. The zero-order chi connectivity index (χ0) is 14.7. The monoisotopic (exact) mass is 276 g/mol. The Hall–Kier alpha value is -0.980. The van der Waals surface area contributed by atoms with Gasteiger partial charge >= 0.3 is 5.97 Å². The van der Waals surface area contributed by atoms with E-state index in [1.54, 1.807) is 6.92 Å². The van der Waals surface area contributed by atoms with Crippen LogP contribution in [-0.4, -0.2) is 56.0 Å². The Bertz CT molecular complexity index is 266. The highest BCUT2D eigenvalue weighted by atomic mass is 16.6. The lowest BCUT2D eigenvalue weighted by atomic mass is 10.2. The van der Waals surface area contributed by atoms with Crippen molar-refractivity contribution in [3.63, 3.8) is 0 Å². The molecule has 0 fully saturated rings. The number of hydrogen-bond acceptors (Lipinski definition) is 6. The first-order valence-electron chi connectivity index (χ1n) is 6.39. The topological polar surface area (TPSA) is 82.1 Å². The van der Waals surface area contributed by atoms with Gasteiger partial charge < -0.3 is 24.1 Å². The molecule has 0 saturated heterocycles. The van der Waals surface area contributed by atoms with E-state index in [1.165, 1.54) is 14.0 Å². The van der Waals surface area contributed by atoms with Crippen molar-refractivity contribution in [1.82, 2.24) is 0 Å². The molecular formula is C13H24O6. The zero-order valence-corrected chi connectivity index (χ0v) is 11.9. The van der Waals surface area contributed by atoms with Gasteiger partial charge in [-0.3, -0.25) is 4.79 Å². The molecule has 0 rings (SSSR count). The Morgan fingerprint density at radius 1 is 1.21 bits per heavy atom. The van der Waals surface area contributed by atoms with Gasteiger partial charge in [0.15, 0.2) is 0 Å². The van der Waals surface area contributed by atoms with Gasteiger partial charge in [0, 0.05) is 20.0 Å². The standard InChI is InChI=1S/C13H24O6/c1-10(15)5-4-6-13(16)18-9-12(8-17-3)19-11(2)7-14/h11-12,14H,4-9H2,1-3H3. The number of aliphatic hydroxyl groups excluding tert-OH is 1. The van der Waals surface area contributed by atoms with Crippen molar-refractivity contribution in [3.05, 3.63) is 0 Å². The Kier molecular flexibility index (Phi) is 10.3. The minimum atomic E-state index is -0.399. The first-order chi connectivity index (χ1) is 8.99. The van der Waals surface area contributed by atoms with Crippen molar-refractivity contribution < 1.29 is 28.9 Å². The lowest BCUT2D eigenvalue weighted by molar-refractivity contribution is -0.152. The van der Waals surface area contributed by atoms with Crippen LogP contribution in [0.4, 0.5) is 0 Å². The fourth-order valence-corrected chi connectivity index (χ4v) is 1.42. The van der Waals surface area contributed by atoms with Crippen molar-refractivity contribution in [2.75, 3.05) is 26.9 Å². The summed E-state index contributed by atoms with van der Waals surface area (Å²) < 4.78 is 15.4. The van der Waals surface area contributed by atoms with E-state index < -0.39 is 6.10 Å². The molecule has 0 aliphatic rings. The second kappa shape index (κ2) is 10.9. The zero-order valence-electron chi connectivity index (χ0n) is 11.9. The van der Waals surface area contributed by atoms with Crippen LogP contribution < -0.4 is 0 Å². The molecule has 0 aromatic carbocycles. The molecule has 0 saturated carbocycles. The van der Waals surface area contributed by atoms with E-state index in [-0.39, 0.29) is 44.1 Å². The Labute approximate surface area is 114 Å². The van der Waals surface area contributed by atoms with Gasteiger partial charge in [-0.2, -0.15) is 0 Å². The third kappa shape index (κ3) is 10.6. The molecule has 0 aromatic heterocycles. The second-order valence-corrected chi connectivity index (χ2v) is 4.45. The average Bonchev–Trinajstić information content (AvgIpc) is 2.35. The van der Waals surface area contributed by atoms with Crippen LogP contribution in [0.2, 0.25) is 0 Å². The fraction of sp³-hybridized carbons (Fsp3) is 0.846. The largest absolute Gasteiger partial charge is 0.463 e. The Balaban J connectivity index is 3.89. The fourth-order valence-electron chi connectivity index (χ4n) is 1.42. The summed E-state index contributed by atoms with van der Waals surface area (Å²) in [7, 11) is 1.52. The molecule has 112 valence electrons. The molecule has 0 aromatic rings. The maximum absolute atomic E-state index is 11.4. The van der Waals surface area contributed by atoms with Gasteiger partial charge in [0.25, 0.3) is 0 Å². The van der Waals surface area contributed by atoms with Crippen molar-refractivity contribution in [2.45, 2.75) is 45.3 Å². The molecule has 0 aliphatic carbocycles. The first kappa shape index (κ1) is 18.0. The van der Waals surface area contributed by atoms with Gasteiger partial charge in [0.2, 0.25) is 0 Å². The number of rotatable bonds is 11. The number of carbonyl (C=O) groups excluding carboxylic acids is 2. The minimum absolute atomic E-state index is 0.0603. The number of aliphatic hydroxyl groups is 1. The van der Waals surface area contributed by atoms with Gasteiger partial charge in [0.1, 0.15) is 18.5 Å². The van der Waals surface area contributed by atoms with Crippen LogP contribution in [0.25, 0.3) is 0 Å². The summed E-state index contributed by atoms with van der Waals surface area (Å²) in [5, 5.41) is 8.89. The average molecular weight is 276 g/mol. The summed E-state index contributed by atoms with van der Waals surface area (Å²) in [6.45, 7) is 3.47. The Morgan fingerprint density at radius 3 is 2.42 bits per heavy atom. The van der Waals surface area contributed by atoms with E-state index in [2.05, 4.69) is 0 Å². The first-order valence-corrected chi connectivity index (χ1v) is 6.39. The summed E-state index contributed by atoms with van der Waals surface area (Å²) in [5.74, 6) is -0.298. The summed E-state index contributed by atoms with van der Waals surface area (Å²) in [5.41, 5.74) is 0. The molecule has 0 radical (unpaired) electrons. The highest BCUT2D eigenvalue weighted by molar-refractivity contribution is 5.76. The lowest BCUT2D eigenvalue weighted by Crippen LogP contribution is -2.31. The number of ketones is 1. The summed E-state index contributed by atoms with van der Waals surface area (Å²) >= 11 is 0. The summed E-state index contributed by atoms with van der Waals surface area (Å²) in [4.78, 5) is 22.1. The molecule has 19 heavy (non-hydrogen) atoms. The van der Waals surface area contributed by atoms with Crippen LogP contribution in [0.1, 0.15) is 33.1 Å². The predicted molar refractivity (Wildman–Crippen MR) is 68.8 cm³/mol. The van der Waals surface area contributed by atoms with E-state index in [9.17, 15) is 9.59 Å². The van der Waals surface area contributed by atoms with Crippen molar-refractivity contribution in [2.24, 2.45) is 0 Å². The van der Waals surface area contributed by atoms with Gasteiger partial charge in [-0.05, 0) is 20.3 Å². The van der Waals surface area contributed by atoms with E-state index in [1.807, 2.05) is 0 Å². The van der Waals surface area contributed by atoms with E-state index in [4.69, 9.17) is 19.3 Å². The van der Waals surface area contributed by atoms with Gasteiger partial charge in [-0.25, -0.2) is 0 Å². The normalized spacial score (nSPS) is 13.9. The highest BCUT2D eigenvalue weighted by Crippen LogP contribution is 2.03. The second-order valence-electron chi connectivity index (χ2n) is 4.45. The van der Waals surface area contributed by atoms with E-state index in [0.717, 1.165) is 0 Å². The van der Waals surface area contributed by atoms with Crippen LogP contribution in [0.3, 0.4) is 0 Å². The van der Waals surface area contributed by atoms with Crippen LogP contribution in [0.5, 0.6) is 0 Å². The molecule has 0 aliphatic heterocycles. The molecule has 2 unspecified atom stereocenters. The molecule has 0 heterocycles. The summed E-state index contributed by atoms with van der Waals surface area (Å²) in [6.07, 6.45) is 0.362. The maximum atomic E-state index is 11.4. The molecule has 2 atom stereocenters. The number of carbonyl (C=O) groups is 2. The van der Waals surface area contributed by atoms with Crippen molar-refractivity contribution >= 4 is 11.8 Å². The molecule has 1 N–H and O–H groups in total. The van der Waals surface area contributed by atoms with Crippen LogP contribution in [0.15, 0.2) is 0 Å². The number of esters is 1. The third-order valence-corrected chi connectivity index (χ3v) is 2.37. The molecule has 6 nitrogen and oxygen atoms in total. The minimum Gasteiger partial charge on any atom is -0.463 e. The van der Waals surface area contributed by atoms with Gasteiger partial charge in [-0.1, -0.05) is 0 Å². The smallest absolute Gasteiger partial charge is 0.305 e. The van der Waals surface area contributed by atoms with E-state index in [0.29, 0.717) is 12.8 Å².